The smallest absolute Gasteiger partial charge is 0.266 e. The van der Waals surface area contributed by atoms with Crippen LogP contribution in [0.25, 0.3) is 0 Å². The normalized spacial score (nSPS) is 16.2. The summed E-state index contributed by atoms with van der Waals surface area (Å²) in [5.41, 5.74) is 1.63. The fourth-order valence-corrected chi connectivity index (χ4v) is 5.41. The number of benzene rings is 2. The maximum absolute atomic E-state index is 14.9. The topological polar surface area (TPSA) is 65.5 Å². The predicted octanol–water partition coefficient (Wildman–Crippen LogP) is 5.16. The zero-order valence-electron chi connectivity index (χ0n) is 17.9. The summed E-state index contributed by atoms with van der Waals surface area (Å²) in [6, 6.07) is 16.1. The van der Waals surface area contributed by atoms with Crippen LogP contribution in [-0.4, -0.2) is 44.5 Å². The Kier molecular flexibility index (Phi) is 8.12. The highest BCUT2D eigenvalue weighted by Gasteiger charge is 2.29. The molecule has 1 aliphatic rings. The lowest BCUT2D eigenvalue weighted by Gasteiger charge is -2.28. The second kappa shape index (κ2) is 10.7. The summed E-state index contributed by atoms with van der Waals surface area (Å²) in [4.78, 5) is 7.01. The lowest BCUT2D eigenvalue weighted by atomic mass is 10.2. The van der Waals surface area contributed by atoms with Gasteiger partial charge < -0.3 is 4.90 Å². The van der Waals surface area contributed by atoms with Gasteiger partial charge in [-0.1, -0.05) is 55.4 Å². The number of aromatic nitrogens is 1. The molecule has 0 aliphatic carbocycles. The van der Waals surface area contributed by atoms with Crippen LogP contribution in [0.15, 0.2) is 65.6 Å². The third kappa shape index (κ3) is 5.84. The molecule has 1 fully saturated rings. The highest BCUT2D eigenvalue weighted by atomic mass is 35.5. The molecule has 2 heterocycles. The molecular weight excluding hydrogens is 482 g/mol. The van der Waals surface area contributed by atoms with Crippen LogP contribution in [0, 0.1) is 11.8 Å². The third-order valence-corrected chi connectivity index (χ3v) is 7.34. The molecule has 1 saturated heterocycles. The van der Waals surface area contributed by atoms with Crippen molar-refractivity contribution in [2.45, 2.75) is 31.3 Å². The summed E-state index contributed by atoms with van der Waals surface area (Å²) in [5.74, 6) is -2.07. The first-order chi connectivity index (χ1) is 15.7. The first kappa shape index (κ1) is 25.9. The molecule has 0 radical (unpaired) electrons. The van der Waals surface area contributed by atoms with Gasteiger partial charge in [0.05, 0.1) is 10.7 Å². The second-order valence-corrected chi connectivity index (χ2v) is 10.0. The van der Waals surface area contributed by atoms with Crippen molar-refractivity contribution >= 4 is 33.1 Å². The molecule has 0 bridgehead atoms. The summed E-state index contributed by atoms with van der Waals surface area (Å²) in [7, 11) is -2.53. The van der Waals surface area contributed by atoms with E-state index in [1.165, 1.54) is 17.7 Å². The first-order valence-electron chi connectivity index (χ1n) is 10.4. The quantitative estimate of drug-likeness (QED) is 0.446. The summed E-state index contributed by atoms with van der Waals surface area (Å²) in [5, 5.41) is 0.105. The molecule has 182 valence electrons. The van der Waals surface area contributed by atoms with E-state index in [0.717, 1.165) is 44.3 Å². The van der Waals surface area contributed by atoms with Gasteiger partial charge in [-0.3, -0.25) is 9.62 Å². The van der Waals surface area contributed by atoms with E-state index >= 15 is 0 Å². The number of sulfonamides is 1. The van der Waals surface area contributed by atoms with Gasteiger partial charge in [-0.05, 0) is 30.2 Å². The number of nitrogens with zero attached hydrogens (tertiary/aromatic N) is 3. The van der Waals surface area contributed by atoms with Crippen LogP contribution in [0.1, 0.15) is 19.4 Å². The van der Waals surface area contributed by atoms with Crippen molar-refractivity contribution < 1.29 is 17.2 Å². The van der Waals surface area contributed by atoms with Crippen molar-refractivity contribution in [1.82, 2.24) is 9.88 Å². The van der Waals surface area contributed by atoms with Crippen LogP contribution in [0.4, 0.5) is 20.3 Å². The van der Waals surface area contributed by atoms with Crippen molar-refractivity contribution in [3.63, 3.8) is 0 Å². The van der Waals surface area contributed by atoms with Crippen LogP contribution in [0.3, 0.4) is 0 Å². The van der Waals surface area contributed by atoms with E-state index in [1.807, 2.05) is 30.1 Å². The van der Waals surface area contributed by atoms with E-state index in [4.69, 9.17) is 11.6 Å². The maximum atomic E-state index is 14.9. The Hall–Kier alpha value is -2.75. The van der Waals surface area contributed by atoms with Gasteiger partial charge >= 0.3 is 0 Å². The Labute approximate surface area is 204 Å². The number of pyridine rings is 1. The van der Waals surface area contributed by atoms with Gasteiger partial charge in [-0.25, -0.2) is 17.8 Å². The van der Waals surface area contributed by atoms with Crippen LogP contribution in [-0.2, 0) is 16.6 Å². The zero-order valence-corrected chi connectivity index (χ0v) is 19.5. The van der Waals surface area contributed by atoms with Crippen molar-refractivity contribution in [3.8, 4) is 0 Å². The minimum atomic E-state index is -4.35. The molecule has 2 aromatic carbocycles. The summed E-state index contributed by atoms with van der Waals surface area (Å²) >= 11 is 6.39. The summed E-state index contributed by atoms with van der Waals surface area (Å²) < 4.78 is 55.6. The fraction of sp³-hybridized carbons (Fsp3) is 0.292. The third-order valence-electron chi connectivity index (χ3n) is 5.67. The summed E-state index contributed by atoms with van der Waals surface area (Å²) in [6.45, 7) is 2.49. The second-order valence-electron chi connectivity index (χ2n) is 7.96. The molecule has 34 heavy (non-hydrogen) atoms. The summed E-state index contributed by atoms with van der Waals surface area (Å²) in [6.07, 6.45) is 0.869. The number of rotatable bonds is 7. The van der Waals surface area contributed by atoms with Gasteiger partial charge in [0.25, 0.3) is 10.0 Å². The molecule has 0 spiro atoms. The Morgan fingerprint density at radius 1 is 1.15 bits per heavy atom. The predicted molar refractivity (Wildman–Crippen MR) is 132 cm³/mol. The van der Waals surface area contributed by atoms with Gasteiger partial charge in [0, 0.05) is 38.8 Å². The van der Waals surface area contributed by atoms with Gasteiger partial charge in [-0.2, -0.15) is 4.39 Å². The van der Waals surface area contributed by atoms with E-state index < -0.39 is 26.7 Å². The molecule has 1 aromatic heterocycles. The molecule has 0 amide bonds. The molecule has 1 atom stereocenters. The number of anilines is 2. The van der Waals surface area contributed by atoms with Crippen LogP contribution in [0.5, 0.6) is 0 Å². The number of nitrogens with one attached hydrogen (secondary N) is 1. The van der Waals surface area contributed by atoms with Gasteiger partial charge in [0.1, 0.15) is 16.5 Å². The molecule has 0 unspecified atom stereocenters. The molecule has 10 heteroatoms. The van der Waals surface area contributed by atoms with E-state index in [0.29, 0.717) is 5.69 Å². The first-order valence-corrected chi connectivity index (χ1v) is 12.2. The zero-order chi connectivity index (χ0) is 23.6. The van der Waals surface area contributed by atoms with Crippen LogP contribution < -0.4 is 9.62 Å². The minimum absolute atomic E-state index is 0. The molecule has 0 saturated carbocycles. The van der Waals surface area contributed by atoms with E-state index in [2.05, 4.69) is 26.7 Å². The van der Waals surface area contributed by atoms with Crippen molar-refractivity contribution in [2.75, 3.05) is 29.8 Å². The average Bonchev–Trinajstić information content (AvgIpc) is 3.23. The Morgan fingerprint density at radius 2 is 1.88 bits per heavy atom. The SMILES string of the molecule is C.CN(c1cc(F)c(S(=O)(=O)Nc2cccc(F)n2)cc1Cl)[C@H]1CCN(Cc2ccccc2)C1. The molecule has 6 nitrogen and oxygen atoms in total. The number of halogens is 3. The van der Waals surface area contributed by atoms with E-state index in [1.54, 1.807) is 0 Å². The van der Waals surface area contributed by atoms with Crippen molar-refractivity contribution in [3.05, 3.63) is 83.0 Å². The highest BCUT2D eigenvalue weighted by molar-refractivity contribution is 7.92. The van der Waals surface area contributed by atoms with Crippen molar-refractivity contribution in [1.29, 1.82) is 0 Å². The van der Waals surface area contributed by atoms with Crippen molar-refractivity contribution in [2.24, 2.45) is 0 Å². The fourth-order valence-electron chi connectivity index (χ4n) is 3.96. The molecular formula is C24H27ClF2N4O2S. The lowest BCUT2D eigenvalue weighted by molar-refractivity contribution is 0.326. The van der Waals surface area contributed by atoms with Crippen LogP contribution >= 0.6 is 11.6 Å². The Bertz CT molecular complexity index is 1240. The largest absolute Gasteiger partial charge is 0.369 e. The van der Waals surface area contributed by atoms with Gasteiger partial charge in [-0.15, -0.1) is 0 Å². The van der Waals surface area contributed by atoms with Gasteiger partial charge in [0.15, 0.2) is 0 Å². The average molecular weight is 509 g/mol. The molecule has 1 aliphatic heterocycles. The number of likely N-dealkylation sites (tertiary alicyclic amines) is 1. The van der Waals surface area contributed by atoms with E-state index in [-0.39, 0.29) is 24.3 Å². The lowest BCUT2D eigenvalue weighted by Crippen LogP contribution is -2.34. The number of hydrogen-bond acceptors (Lipinski definition) is 5. The monoisotopic (exact) mass is 508 g/mol. The van der Waals surface area contributed by atoms with E-state index in [9.17, 15) is 17.2 Å². The number of hydrogen-bond donors (Lipinski definition) is 1. The minimum Gasteiger partial charge on any atom is -0.369 e. The molecule has 1 N–H and O–H groups in total. The Morgan fingerprint density at radius 3 is 2.59 bits per heavy atom. The molecule has 4 rings (SSSR count). The maximum Gasteiger partial charge on any atom is 0.266 e. The standard InChI is InChI=1S/C23H23ClF2N4O2S.CH4/c1-29(17-10-11-30(15-17)14-16-6-3-2-4-7-16)20-13-19(25)21(12-18(20)24)33(31,32)28-23-9-5-8-22(26)27-23;/h2-9,12-13,17H,10-11,14-15H2,1H3,(H,27,28);1H4/t17-;/m0./s1. The molecule has 3 aromatic rings. The number of likely N-dealkylation sites (N-methyl/N-ethyl adjacent to an activating group) is 1. The van der Waals surface area contributed by atoms with Crippen LogP contribution in [0.2, 0.25) is 5.02 Å². The highest BCUT2D eigenvalue weighted by Crippen LogP contribution is 2.33. The van der Waals surface area contributed by atoms with Gasteiger partial charge in [0.2, 0.25) is 5.95 Å². The Balaban J connectivity index is 0.00000324.